The molecule has 1 N–H and O–H groups in total. The highest BCUT2D eigenvalue weighted by molar-refractivity contribution is 6.32. The second-order valence-corrected chi connectivity index (χ2v) is 4.39. The molecule has 0 bridgehead atoms. The topological polar surface area (TPSA) is 38.7 Å². The van der Waals surface area contributed by atoms with Crippen LogP contribution in [0.1, 0.15) is 11.1 Å². The molecule has 3 nitrogen and oxygen atoms in total. The maximum Gasteiger partial charge on any atom is 0.143 e. The zero-order valence-corrected chi connectivity index (χ0v) is 11.4. The minimum absolute atomic E-state index is 0.109. The van der Waals surface area contributed by atoms with Crippen LogP contribution in [0, 0.1) is 0 Å². The predicted molar refractivity (Wildman–Crippen MR) is 74.7 cm³/mol. The molecule has 0 amide bonds. The highest BCUT2D eigenvalue weighted by atomic mass is 35.5. The number of halogens is 1. The molecule has 0 aliphatic rings. The van der Waals surface area contributed by atoms with E-state index in [1.807, 2.05) is 24.3 Å². The van der Waals surface area contributed by atoms with E-state index in [-0.39, 0.29) is 6.61 Å². The van der Waals surface area contributed by atoms with Gasteiger partial charge < -0.3 is 14.6 Å². The number of aliphatic hydroxyl groups excluding tert-OH is 1. The van der Waals surface area contributed by atoms with Crippen LogP contribution in [0.15, 0.2) is 42.5 Å². The van der Waals surface area contributed by atoms with E-state index >= 15 is 0 Å². The third-order valence-corrected chi connectivity index (χ3v) is 3.08. The number of hydrogen-bond acceptors (Lipinski definition) is 3. The van der Waals surface area contributed by atoms with Gasteiger partial charge in [-0.25, -0.2) is 0 Å². The first kappa shape index (κ1) is 13.7. The maximum atomic E-state index is 9.28. The van der Waals surface area contributed by atoms with E-state index in [4.69, 9.17) is 21.1 Å². The number of methoxy groups -OCH3 is 1. The van der Waals surface area contributed by atoms with Crippen molar-refractivity contribution in [2.45, 2.75) is 13.2 Å². The van der Waals surface area contributed by atoms with Crippen molar-refractivity contribution in [1.29, 1.82) is 0 Å². The normalized spacial score (nSPS) is 10.3. The van der Waals surface area contributed by atoms with Crippen molar-refractivity contribution in [3.05, 3.63) is 58.6 Å². The summed E-state index contributed by atoms with van der Waals surface area (Å²) >= 11 is 6.08. The molecule has 0 aliphatic carbocycles. The summed E-state index contributed by atoms with van der Waals surface area (Å²) in [5.41, 5.74) is 1.59. The summed E-state index contributed by atoms with van der Waals surface area (Å²) in [7, 11) is 1.62. The molecule has 2 aromatic carbocycles. The number of rotatable bonds is 5. The van der Waals surface area contributed by atoms with Gasteiger partial charge in [-0.2, -0.15) is 0 Å². The van der Waals surface area contributed by atoms with E-state index in [9.17, 15) is 5.11 Å². The van der Waals surface area contributed by atoms with Crippen molar-refractivity contribution in [3.8, 4) is 11.5 Å². The second-order valence-electron chi connectivity index (χ2n) is 3.99. The Labute approximate surface area is 117 Å². The Morgan fingerprint density at radius 2 is 1.79 bits per heavy atom. The van der Waals surface area contributed by atoms with Crippen LogP contribution in [0.2, 0.25) is 5.02 Å². The van der Waals surface area contributed by atoms with Gasteiger partial charge in [0.15, 0.2) is 0 Å². The second kappa shape index (κ2) is 6.45. The molecule has 2 aromatic rings. The Bertz CT molecular complexity index is 555. The Morgan fingerprint density at radius 1 is 1.05 bits per heavy atom. The number of benzene rings is 2. The molecule has 100 valence electrons. The van der Waals surface area contributed by atoms with Crippen molar-refractivity contribution in [2.75, 3.05) is 7.11 Å². The molecule has 0 aromatic heterocycles. The minimum atomic E-state index is -0.109. The lowest BCUT2D eigenvalue weighted by atomic mass is 10.2. The molecule has 0 spiro atoms. The zero-order chi connectivity index (χ0) is 13.7. The highest BCUT2D eigenvalue weighted by Gasteiger charge is 2.09. The first-order valence-corrected chi connectivity index (χ1v) is 6.27. The molecule has 0 saturated heterocycles. The average molecular weight is 279 g/mol. The molecular weight excluding hydrogens is 264 g/mol. The van der Waals surface area contributed by atoms with Gasteiger partial charge in [-0.1, -0.05) is 41.9 Å². The third-order valence-electron chi connectivity index (χ3n) is 2.78. The van der Waals surface area contributed by atoms with Gasteiger partial charge in [0.05, 0.1) is 18.7 Å². The van der Waals surface area contributed by atoms with Crippen LogP contribution in [0.4, 0.5) is 0 Å². The molecule has 0 fully saturated rings. The van der Waals surface area contributed by atoms with Gasteiger partial charge >= 0.3 is 0 Å². The van der Waals surface area contributed by atoms with E-state index < -0.39 is 0 Å². The van der Waals surface area contributed by atoms with Crippen LogP contribution >= 0.6 is 11.6 Å². The van der Waals surface area contributed by atoms with Crippen molar-refractivity contribution in [3.63, 3.8) is 0 Å². The van der Waals surface area contributed by atoms with E-state index in [2.05, 4.69) is 0 Å². The molecule has 2 rings (SSSR count). The highest BCUT2D eigenvalue weighted by Crippen LogP contribution is 2.30. The van der Waals surface area contributed by atoms with Crippen molar-refractivity contribution >= 4 is 11.6 Å². The summed E-state index contributed by atoms with van der Waals surface area (Å²) < 4.78 is 11.0. The van der Waals surface area contributed by atoms with Gasteiger partial charge in [0.25, 0.3) is 0 Å². The van der Waals surface area contributed by atoms with Crippen LogP contribution < -0.4 is 9.47 Å². The van der Waals surface area contributed by atoms with Crippen molar-refractivity contribution in [1.82, 2.24) is 0 Å². The van der Waals surface area contributed by atoms with Crippen molar-refractivity contribution in [2.24, 2.45) is 0 Å². The summed E-state index contributed by atoms with van der Waals surface area (Å²) in [6, 6.07) is 12.9. The molecule has 0 atom stereocenters. The van der Waals surface area contributed by atoms with Crippen LogP contribution in [0.3, 0.4) is 0 Å². The first-order valence-electron chi connectivity index (χ1n) is 5.89. The maximum absolute atomic E-state index is 9.28. The SMILES string of the molecule is COc1ccccc1COc1c(Cl)cccc1CO. The van der Waals surface area contributed by atoms with Crippen LogP contribution in [-0.4, -0.2) is 12.2 Å². The molecule has 0 heterocycles. The lowest BCUT2D eigenvalue weighted by Gasteiger charge is -2.13. The van der Waals surface area contributed by atoms with Gasteiger partial charge in [-0.3, -0.25) is 0 Å². The summed E-state index contributed by atoms with van der Waals surface area (Å²) in [5, 5.41) is 9.76. The fourth-order valence-corrected chi connectivity index (χ4v) is 2.06. The molecule has 0 unspecified atom stereocenters. The van der Waals surface area contributed by atoms with Crippen LogP contribution in [0.25, 0.3) is 0 Å². The fourth-order valence-electron chi connectivity index (χ4n) is 1.81. The third kappa shape index (κ3) is 3.19. The minimum Gasteiger partial charge on any atom is -0.496 e. The average Bonchev–Trinajstić information content (AvgIpc) is 2.46. The van der Waals surface area contributed by atoms with Crippen molar-refractivity contribution < 1.29 is 14.6 Å². The standard InChI is InChI=1S/C15H15ClO3/c1-18-14-8-3-2-5-12(14)10-19-15-11(9-17)6-4-7-13(15)16/h2-8,17H,9-10H2,1H3. The number of aliphatic hydroxyl groups is 1. The largest absolute Gasteiger partial charge is 0.496 e. The summed E-state index contributed by atoms with van der Waals surface area (Å²) in [5.74, 6) is 1.28. The number of hydrogen-bond donors (Lipinski definition) is 1. The van der Waals surface area contributed by atoms with E-state index in [1.165, 1.54) is 0 Å². The molecule has 0 radical (unpaired) electrons. The summed E-state index contributed by atoms with van der Waals surface area (Å²) in [4.78, 5) is 0. The van der Waals surface area contributed by atoms with E-state index in [0.717, 1.165) is 11.3 Å². The van der Waals surface area contributed by atoms with E-state index in [1.54, 1.807) is 25.3 Å². The monoisotopic (exact) mass is 278 g/mol. The molecule has 0 saturated carbocycles. The number of ether oxygens (including phenoxy) is 2. The van der Waals surface area contributed by atoms with Gasteiger partial charge in [-0.15, -0.1) is 0 Å². The van der Waals surface area contributed by atoms with Crippen LogP contribution in [-0.2, 0) is 13.2 Å². The van der Waals surface area contributed by atoms with Gasteiger partial charge in [0, 0.05) is 11.1 Å². The first-order chi connectivity index (χ1) is 9.26. The smallest absolute Gasteiger partial charge is 0.143 e. The Morgan fingerprint density at radius 3 is 2.53 bits per heavy atom. The van der Waals surface area contributed by atoms with E-state index in [0.29, 0.717) is 22.9 Å². The Balaban J connectivity index is 2.19. The Kier molecular flexibility index (Phi) is 4.66. The lowest BCUT2D eigenvalue weighted by Crippen LogP contribution is -2.01. The van der Waals surface area contributed by atoms with Gasteiger partial charge in [0.1, 0.15) is 18.1 Å². The molecule has 0 aliphatic heterocycles. The predicted octanol–water partition coefficient (Wildman–Crippen LogP) is 3.42. The molecular formula is C15H15ClO3. The van der Waals surface area contributed by atoms with Gasteiger partial charge in [0.2, 0.25) is 0 Å². The molecule has 4 heteroatoms. The van der Waals surface area contributed by atoms with Gasteiger partial charge in [-0.05, 0) is 12.1 Å². The lowest BCUT2D eigenvalue weighted by molar-refractivity contribution is 0.257. The van der Waals surface area contributed by atoms with Crippen LogP contribution in [0.5, 0.6) is 11.5 Å². The summed E-state index contributed by atoms with van der Waals surface area (Å²) in [6.45, 7) is 0.225. The fraction of sp³-hybridized carbons (Fsp3) is 0.200. The Hall–Kier alpha value is -1.71. The summed E-state index contributed by atoms with van der Waals surface area (Å²) in [6.07, 6.45) is 0. The number of para-hydroxylation sites is 2. The molecule has 19 heavy (non-hydrogen) atoms. The zero-order valence-electron chi connectivity index (χ0n) is 10.6. The quantitative estimate of drug-likeness (QED) is 0.911.